The van der Waals surface area contributed by atoms with Gasteiger partial charge in [0.25, 0.3) is 0 Å². The molecule has 28 heavy (non-hydrogen) atoms. The Labute approximate surface area is 160 Å². The lowest BCUT2D eigenvalue weighted by Gasteiger charge is -2.18. The number of halogens is 3. The lowest BCUT2D eigenvalue weighted by atomic mass is 10.1. The minimum Gasteiger partial charge on any atom is -0.334 e. The Balaban J connectivity index is 1.53. The summed E-state index contributed by atoms with van der Waals surface area (Å²) >= 11 is 0. The van der Waals surface area contributed by atoms with E-state index in [0.29, 0.717) is 12.1 Å². The second kappa shape index (κ2) is 8.16. The average molecular weight is 388 g/mol. The van der Waals surface area contributed by atoms with Gasteiger partial charge in [-0.3, -0.25) is 0 Å². The van der Waals surface area contributed by atoms with E-state index in [1.165, 1.54) is 17.0 Å². The van der Waals surface area contributed by atoms with Gasteiger partial charge in [0.15, 0.2) is 0 Å². The van der Waals surface area contributed by atoms with Gasteiger partial charge in [-0.25, -0.2) is 9.48 Å². The molecule has 0 saturated heterocycles. The van der Waals surface area contributed by atoms with Crippen molar-refractivity contribution in [3.05, 3.63) is 83.7 Å². The molecule has 2 aromatic carbocycles. The van der Waals surface area contributed by atoms with Crippen LogP contribution in [0.15, 0.2) is 67.0 Å². The van der Waals surface area contributed by atoms with Gasteiger partial charge in [0, 0.05) is 31.9 Å². The molecule has 2 amide bonds. The largest absolute Gasteiger partial charge is 0.416 e. The van der Waals surface area contributed by atoms with E-state index in [1.807, 2.05) is 36.5 Å². The first-order chi connectivity index (χ1) is 13.3. The lowest BCUT2D eigenvalue weighted by molar-refractivity contribution is -0.137. The maximum atomic E-state index is 12.6. The average Bonchev–Trinajstić information content (AvgIpc) is 3.15. The summed E-state index contributed by atoms with van der Waals surface area (Å²) in [5, 5.41) is 7.04. The highest BCUT2D eigenvalue weighted by molar-refractivity contribution is 5.73. The summed E-state index contributed by atoms with van der Waals surface area (Å²) in [6, 6.07) is 14.0. The molecule has 0 aliphatic heterocycles. The molecule has 0 fully saturated rings. The molecule has 0 aliphatic rings. The summed E-state index contributed by atoms with van der Waals surface area (Å²) in [7, 11) is 1.58. The van der Waals surface area contributed by atoms with Gasteiger partial charge in [-0.05, 0) is 29.8 Å². The normalized spacial score (nSPS) is 11.3. The van der Waals surface area contributed by atoms with Crippen LogP contribution in [0.5, 0.6) is 0 Å². The van der Waals surface area contributed by atoms with Crippen molar-refractivity contribution in [1.29, 1.82) is 0 Å². The van der Waals surface area contributed by atoms with Gasteiger partial charge in [-0.1, -0.05) is 30.3 Å². The maximum Gasteiger partial charge on any atom is 0.416 e. The predicted octanol–water partition coefficient (Wildman–Crippen LogP) is 4.23. The van der Waals surface area contributed by atoms with Crippen molar-refractivity contribution >= 4 is 6.03 Å². The summed E-state index contributed by atoms with van der Waals surface area (Å²) < 4.78 is 39.5. The summed E-state index contributed by atoms with van der Waals surface area (Å²) in [4.78, 5) is 13.6. The van der Waals surface area contributed by atoms with E-state index in [4.69, 9.17) is 0 Å². The van der Waals surface area contributed by atoms with Crippen molar-refractivity contribution in [1.82, 2.24) is 20.0 Å². The molecule has 3 rings (SSSR count). The number of rotatable bonds is 5. The highest BCUT2D eigenvalue weighted by Crippen LogP contribution is 2.29. The Bertz CT molecular complexity index is 921. The first-order valence-electron chi connectivity index (χ1n) is 8.57. The SMILES string of the molecule is CN(Cc1ccc(C(F)(F)F)cc1)C(=O)NCc1cnn(-c2ccccc2)c1. The number of aromatic nitrogens is 2. The van der Waals surface area contributed by atoms with E-state index < -0.39 is 11.7 Å². The van der Waals surface area contributed by atoms with Crippen LogP contribution in [0.25, 0.3) is 5.69 Å². The van der Waals surface area contributed by atoms with Crippen LogP contribution in [-0.2, 0) is 19.3 Å². The van der Waals surface area contributed by atoms with E-state index in [1.54, 1.807) is 17.9 Å². The smallest absolute Gasteiger partial charge is 0.334 e. The molecule has 0 spiro atoms. The second-order valence-corrected chi connectivity index (χ2v) is 6.34. The molecule has 0 saturated carbocycles. The van der Waals surface area contributed by atoms with Gasteiger partial charge < -0.3 is 10.2 Å². The van der Waals surface area contributed by atoms with Crippen molar-refractivity contribution < 1.29 is 18.0 Å². The zero-order valence-corrected chi connectivity index (χ0v) is 15.1. The van der Waals surface area contributed by atoms with Crippen LogP contribution < -0.4 is 5.32 Å². The number of benzene rings is 2. The van der Waals surface area contributed by atoms with Crippen molar-refractivity contribution in [2.75, 3.05) is 7.05 Å². The topological polar surface area (TPSA) is 50.2 Å². The van der Waals surface area contributed by atoms with Crippen LogP contribution in [0.4, 0.5) is 18.0 Å². The van der Waals surface area contributed by atoms with E-state index in [2.05, 4.69) is 10.4 Å². The number of nitrogens with one attached hydrogen (secondary N) is 1. The van der Waals surface area contributed by atoms with Crippen LogP contribution in [-0.4, -0.2) is 27.8 Å². The molecule has 0 atom stereocenters. The van der Waals surface area contributed by atoms with E-state index in [0.717, 1.165) is 23.4 Å². The molecule has 8 heteroatoms. The molecular formula is C20H19F3N4O. The van der Waals surface area contributed by atoms with Gasteiger partial charge in [0.2, 0.25) is 0 Å². The van der Waals surface area contributed by atoms with Crippen molar-refractivity contribution in [2.45, 2.75) is 19.3 Å². The standard InChI is InChI=1S/C20H19F3N4O/c1-26(13-15-7-9-17(10-8-15)20(21,22)23)19(28)24-11-16-12-25-27(14-16)18-5-3-2-4-6-18/h2-10,12,14H,11,13H2,1H3,(H,24,28). The number of nitrogens with zero attached hydrogens (tertiary/aromatic N) is 3. The molecule has 3 aromatic rings. The molecule has 1 N–H and O–H groups in total. The fourth-order valence-electron chi connectivity index (χ4n) is 2.63. The third kappa shape index (κ3) is 4.91. The Morgan fingerprint density at radius 3 is 2.39 bits per heavy atom. The maximum absolute atomic E-state index is 12.6. The van der Waals surface area contributed by atoms with Crippen molar-refractivity contribution in [3.8, 4) is 5.69 Å². The first-order valence-corrected chi connectivity index (χ1v) is 8.57. The number of hydrogen-bond donors (Lipinski definition) is 1. The number of para-hydroxylation sites is 1. The highest BCUT2D eigenvalue weighted by atomic mass is 19.4. The zero-order chi connectivity index (χ0) is 20.1. The van der Waals surface area contributed by atoms with Crippen LogP contribution in [0.2, 0.25) is 0 Å². The Kier molecular flexibility index (Phi) is 5.67. The molecule has 146 valence electrons. The molecule has 5 nitrogen and oxygen atoms in total. The van der Waals surface area contributed by atoms with Crippen LogP contribution in [0.3, 0.4) is 0 Å². The predicted molar refractivity (Wildman–Crippen MR) is 98.7 cm³/mol. The van der Waals surface area contributed by atoms with Crippen LogP contribution in [0, 0.1) is 0 Å². The van der Waals surface area contributed by atoms with E-state index in [-0.39, 0.29) is 12.6 Å². The molecule has 0 unspecified atom stereocenters. The van der Waals surface area contributed by atoms with Crippen molar-refractivity contribution in [3.63, 3.8) is 0 Å². The number of urea groups is 1. The molecule has 1 heterocycles. The van der Waals surface area contributed by atoms with Gasteiger partial charge in [-0.15, -0.1) is 0 Å². The third-order valence-electron chi connectivity index (χ3n) is 4.15. The zero-order valence-electron chi connectivity index (χ0n) is 15.1. The quantitative estimate of drug-likeness (QED) is 0.711. The molecule has 0 bridgehead atoms. The number of carbonyl (C=O) groups is 1. The highest BCUT2D eigenvalue weighted by Gasteiger charge is 2.29. The summed E-state index contributed by atoms with van der Waals surface area (Å²) in [5.74, 6) is 0. The third-order valence-corrected chi connectivity index (χ3v) is 4.15. The number of carbonyl (C=O) groups excluding carboxylic acids is 1. The Hall–Kier alpha value is -3.29. The summed E-state index contributed by atoms with van der Waals surface area (Å²) in [5.41, 5.74) is 1.65. The summed E-state index contributed by atoms with van der Waals surface area (Å²) in [6.45, 7) is 0.496. The fraction of sp³-hybridized carbons (Fsp3) is 0.200. The van der Waals surface area contributed by atoms with Gasteiger partial charge in [0.05, 0.1) is 17.4 Å². The monoisotopic (exact) mass is 388 g/mol. The molecule has 0 aliphatic carbocycles. The summed E-state index contributed by atoms with van der Waals surface area (Å²) in [6.07, 6.45) is -0.874. The van der Waals surface area contributed by atoms with Gasteiger partial charge >= 0.3 is 12.2 Å². The lowest BCUT2D eigenvalue weighted by Crippen LogP contribution is -2.36. The van der Waals surface area contributed by atoms with Crippen LogP contribution in [0.1, 0.15) is 16.7 Å². The van der Waals surface area contributed by atoms with Crippen molar-refractivity contribution in [2.24, 2.45) is 0 Å². The number of amides is 2. The Morgan fingerprint density at radius 1 is 1.07 bits per heavy atom. The molecule has 0 radical (unpaired) electrons. The van der Waals surface area contributed by atoms with Crippen LogP contribution >= 0.6 is 0 Å². The Morgan fingerprint density at radius 2 is 1.75 bits per heavy atom. The first kappa shape index (κ1) is 19.5. The van der Waals surface area contributed by atoms with Gasteiger partial charge in [0.1, 0.15) is 0 Å². The molecular weight excluding hydrogens is 369 g/mol. The minimum absolute atomic E-state index is 0.202. The minimum atomic E-state index is -4.37. The van der Waals surface area contributed by atoms with E-state index >= 15 is 0 Å². The molecule has 1 aromatic heterocycles. The van der Waals surface area contributed by atoms with E-state index in [9.17, 15) is 18.0 Å². The number of alkyl halides is 3. The second-order valence-electron chi connectivity index (χ2n) is 6.34. The fourth-order valence-corrected chi connectivity index (χ4v) is 2.63. The van der Waals surface area contributed by atoms with Gasteiger partial charge in [-0.2, -0.15) is 18.3 Å². The number of hydrogen-bond acceptors (Lipinski definition) is 2.